The molecule has 1 saturated carbocycles. The average molecular weight is 273 g/mol. The number of nitrogens with one attached hydrogen (secondary N) is 1. The minimum Gasteiger partial charge on any atom is -0.393 e. The molecule has 1 aliphatic carbocycles. The number of aliphatic hydroxyl groups excluding tert-OH is 1. The summed E-state index contributed by atoms with van der Waals surface area (Å²) < 4.78 is 38.4. The largest absolute Gasteiger partial charge is 0.416 e. The fraction of sp³-hybridized carbons (Fsp3) is 0.571. The predicted molar refractivity (Wildman–Crippen MR) is 68.1 cm³/mol. The highest BCUT2D eigenvalue weighted by Crippen LogP contribution is 2.34. The molecule has 19 heavy (non-hydrogen) atoms. The van der Waals surface area contributed by atoms with Crippen LogP contribution in [0.5, 0.6) is 0 Å². The van der Waals surface area contributed by atoms with Gasteiger partial charge in [0.1, 0.15) is 0 Å². The van der Waals surface area contributed by atoms with Crippen molar-refractivity contribution in [3.05, 3.63) is 29.3 Å². The van der Waals surface area contributed by atoms with E-state index >= 15 is 0 Å². The van der Waals surface area contributed by atoms with Crippen LogP contribution in [0.1, 0.15) is 36.8 Å². The highest BCUT2D eigenvalue weighted by molar-refractivity contribution is 5.50. The van der Waals surface area contributed by atoms with Crippen molar-refractivity contribution in [3.8, 4) is 0 Å². The van der Waals surface area contributed by atoms with Crippen molar-refractivity contribution in [1.29, 1.82) is 0 Å². The number of halogens is 3. The lowest BCUT2D eigenvalue weighted by Gasteiger charge is -2.27. The molecule has 106 valence electrons. The van der Waals surface area contributed by atoms with Gasteiger partial charge >= 0.3 is 6.18 Å². The van der Waals surface area contributed by atoms with Gasteiger partial charge < -0.3 is 10.4 Å². The van der Waals surface area contributed by atoms with E-state index in [4.69, 9.17) is 0 Å². The van der Waals surface area contributed by atoms with Crippen LogP contribution in [0, 0.1) is 6.92 Å². The van der Waals surface area contributed by atoms with E-state index in [0.717, 1.165) is 12.8 Å². The molecule has 0 aliphatic heterocycles. The Morgan fingerprint density at radius 2 is 1.79 bits per heavy atom. The summed E-state index contributed by atoms with van der Waals surface area (Å²) in [7, 11) is 0. The fourth-order valence-electron chi connectivity index (χ4n) is 2.47. The monoisotopic (exact) mass is 273 g/mol. The number of hydrogen-bond acceptors (Lipinski definition) is 2. The molecule has 1 aromatic carbocycles. The van der Waals surface area contributed by atoms with Gasteiger partial charge in [0, 0.05) is 11.7 Å². The van der Waals surface area contributed by atoms with Gasteiger partial charge in [-0.1, -0.05) is 6.07 Å². The Morgan fingerprint density at radius 1 is 1.16 bits per heavy atom. The number of anilines is 1. The molecular weight excluding hydrogens is 255 g/mol. The third kappa shape index (κ3) is 3.62. The molecular formula is C14H18F3NO. The van der Waals surface area contributed by atoms with Crippen LogP contribution in [-0.2, 0) is 6.18 Å². The van der Waals surface area contributed by atoms with Crippen LogP contribution >= 0.6 is 0 Å². The number of aliphatic hydroxyl groups is 1. The van der Waals surface area contributed by atoms with E-state index in [1.807, 2.05) is 0 Å². The maximum Gasteiger partial charge on any atom is 0.416 e. The lowest BCUT2D eigenvalue weighted by molar-refractivity contribution is -0.138. The molecule has 2 nitrogen and oxygen atoms in total. The van der Waals surface area contributed by atoms with Gasteiger partial charge in [0.05, 0.1) is 11.7 Å². The molecule has 2 N–H and O–H groups in total. The van der Waals surface area contributed by atoms with Gasteiger partial charge in [-0.3, -0.25) is 0 Å². The smallest absolute Gasteiger partial charge is 0.393 e. The van der Waals surface area contributed by atoms with Crippen molar-refractivity contribution in [2.75, 3.05) is 5.32 Å². The predicted octanol–water partition coefficient (Wildman–Crippen LogP) is 3.73. The van der Waals surface area contributed by atoms with Gasteiger partial charge in [-0.05, 0) is 50.3 Å². The van der Waals surface area contributed by atoms with E-state index in [-0.39, 0.29) is 17.7 Å². The molecule has 1 aliphatic rings. The zero-order valence-corrected chi connectivity index (χ0v) is 10.8. The molecule has 0 bridgehead atoms. The average Bonchev–Trinajstić information content (AvgIpc) is 2.33. The van der Waals surface area contributed by atoms with Crippen molar-refractivity contribution in [2.45, 2.75) is 50.9 Å². The molecule has 0 radical (unpaired) electrons. The molecule has 1 aromatic rings. The minimum atomic E-state index is -4.31. The summed E-state index contributed by atoms with van der Waals surface area (Å²) in [6.07, 6.45) is -1.59. The highest BCUT2D eigenvalue weighted by atomic mass is 19.4. The Kier molecular flexibility index (Phi) is 4.04. The Hall–Kier alpha value is -1.23. The van der Waals surface area contributed by atoms with Gasteiger partial charge in [-0.25, -0.2) is 0 Å². The third-order valence-corrected chi connectivity index (χ3v) is 3.61. The van der Waals surface area contributed by atoms with Gasteiger partial charge in [0.25, 0.3) is 0 Å². The van der Waals surface area contributed by atoms with Gasteiger partial charge in [0.2, 0.25) is 0 Å². The quantitative estimate of drug-likeness (QED) is 0.860. The van der Waals surface area contributed by atoms with Crippen LogP contribution in [0.15, 0.2) is 18.2 Å². The molecule has 0 heterocycles. The van der Waals surface area contributed by atoms with E-state index in [1.165, 1.54) is 19.1 Å². The first kappa shape index (κ1) is 14.2. The number of hydrogen-bond donors (Lipinski definition) is 2. The van der Waals surface area contributed by atoms with Crippen molar-refractivity contribution < 1.29 is 18.3 Å². The Morgan fingerprint density at radius 3 is 2.37 bits per heavy atom. The van der Waals surface area contributed by atoms with Crippen LogP contribution in [0.3, 0.4) is 0 Å². The van der Waals surface area contributed by atoms with E-state index in [2.05, 4.69) is 5.32 Å². The summed E-state index contributed by atoms with van der Waals surface area (Å²) >= 11 is 0. The van der Waals surface area contributed by atoms with Crippen molar-refractivity contribution in [3.63, 3.8) is 0 Å². The lowest BCUT2D eigenvalue weighted by atomic mass is 9.93. The number of benzene rings is 1. The molecule has 0 unspecified atom stereocenters. The Labute approximate surface area is 110 Å². The standard InChI is InChI=1S/C14H18F3NO/c1-9-2-3-11(8-13(9)14(15,16)17)18-10-4-6-12(19)7-5-10/h2-3,8,10,12,18-19H,4-7H2,1H3. The topological polar surface area (TPSA) is 32.3 Å². The number of rotatable bonds is 2. The van der Waals surface area contributed by atoms with Crippen LogP contribution < -0.4 is 5.32 Å². The second-order valence-electron chi connectivity index (χ2n) is 5.18. The fourth-order valence-corrected chi connectivity index (χ4v) is 2.47. The van der Waals surface area contributed by atoms with E-state index in [0.29, 0.717) is 18.5 Å². The first-order valence-electron chi connectivity index (χ1n) is 6.48. The van der Waals surface area contributed by atoms with Crippen molar-refractivity contribution in [2.24, 2.45) is 0 Å². The van der Waals surface area contributed by atoms with Crippen LogP contribution in [-0.4, -0.2) is 17.3 Å². The molecule has 5 heteroatoms. The number of alkyl halides is 3. The third-order valence-electron chi connectivity index (χ3n) is 3.61. The zero-order chi connectivity index (χ0) is 14.0. The Bertz CT molecular complexity index is 437. The first-order chi connectivity index (χ1) is 8.86. The van der Waals surface area contributed by atoms with Gasteiger partial charge in [-0.2, -0.15) is 13.2 Å². The summed E-state index contributed by atoms with van der Waals surface area (Å²) in [6, 6.07) is 4.48. The first-order valence-corrected chi connectivity index (χ1v) is 6.48. The molecule has 0 atom stereocenters. The van der Waals surface area contributed by atoms with Crippen LogP contribution in [0.2, 0.25) is 0 Å². The summed E-state index contributed by atoms with van der Waals surface area (Å²) in [6.45, 7) is 1.46. The Balaban J connectivity index is 2.09. The summed E-state index contributed by atoms with van der Waals surface area (Å²) in [5.41, 5.74) is 0.143. The van der Waals surface area contributed by atoms with E-state index < -0.39 is 11.7 Å². The SMILES string of the molecule is Cc1ccc(NC2CCC(O)CC2)cc1C(F)(F)F. The second kappa shape index (κ2) is 5.41. The lowest BCUT2D eigenvalue weighted by Crippen LogP contribution is -2.28. The highest BCUT2D eigenvalue weighted by Gasteiger charge is 2.32. The molecule has 0 saturated heterocycles. The van der Waals surface area contributed by atoms with Gasteiger partial charge in [0.15, 0.2) is 0 Å². The van der Waals surface area contributed by atoms with Crippen molar-refractivity contribution >= 4 is 5.69 Å². The summed E-state index contributed by atoms with van der Waals surface area (Å²) in [5.74, 6) is 0. The maximum absolute atomic E-state index is 12.8. The molecule has 0 spiro atoms. The van der Waals surface area contributed by atoms with E-state index in [9.17, 15) is 18.3 Å². The molecule has 0 amide bonds. The van der Waals surface area contributed by atoms with Crippen molar-refractivity contribution in [1.82, 2.24) is 0 Å². The summed E-state index contributed by atoms with van der Waals surface area (Å²) in [5, 5.41) is 12.5. The maximum atomic E-state index is 12.8. The second-order valence-corrected chi connectivity index (χ2v) is 5.18. The van der Waals surface area contributed by atoms with Gasteiger partial charge in [-0.15, -0.1) is 0 Å². The van der Waals surface area contributed by atoms with Crippen LogP contribution in [0.4, 0.5) is 18.9 Å². The molecule has 0 aromatic heterocycles. The summed E-state index contributed by atoms with van der Waals surface area (Å²) in [4.78, 5) is 0. The zero-order valence-electron chi connectivity index (χ0n) is 10.8. The van der Waals surface area contributed by atoms with E-state index in [1.54, 1.807) is 6.07 Å². The number of aryl methyl sites for hydroxylation is 1. The minimum absolute atomic E-state index is 0.146. The molecule has 2 rings (SSSR count). The van der Waals surface area contributed by atoms with Crippen LogP contribution in [0.25, 0.3) is 0 Å². The molecule has 1 fully saturated rings. The normalized spacial score (nSPS) is 24.3.